The van der Waals surface area contributed by atoms with Crippen molar-refractivity contribution in [3.05, 3.63) is 35.9 Å². The molecule has 0 unspecified atom stereocenters. The van der Waals surface area contributed by atoms with Crippen LogP contribution in [0.3, 0.4) is 0 Å². The molecular weight excluding hydrogens is 264 g/mol. The molecule has 1 aromatic rings. The molecule has 0 aromatic heterocycles. The van der Waals surface area contributed by atoms with Gasteiger partial charge >= 0.3 is 6.09 Å². The third kappa shape index (κ3) is 3.76. The highest BCUT2D eigenvalue weighted by Gasteiger charge is 2.31. The summed E-state index contributed by atoms with van der Waals surface area (Å²) in [6.07, 6.45) is 4.65. The van der Waals surface area contributed by atoms with Crippen molar-refractivity contribution in [3.8, 4) is 0 Å². The lowest BCUT2D eigenvalue weighted by molar-refractivity contribution is 0.0859. The lowest BCUT2D eigenvalue weighted by atomic mass is 10.2. The second-order valence-corrected chi connectivity index (χ2v) is 6.04. The van der Waals surface area contributed by atoms with Gasteiger partial charge < -0.3 is 14.5 Å². The third-order valence-electron chi connectivity index (χ3n) is 4.48. The number of benzene rings is 1. The Bertz CT molecular complexity index is 457. The molecule has 0 saturated carbocycles. The Hall–Kier alpha value is -1.55. The quantitative estimate of drug-likeness (QED) is 0.854. The van der Waals surface area contributed by atoms with Gasteiger partial charge in [-0.05, 0) is 44.3 Å². The zero-order valence-corrected chi connectivity index (χ0v) is 12.5. The molecule has 0 aliphatic carbocycles. The molecular formula is C17H24N2O2. The summed E-state index contributed by atoms with van der Waals surface area (Å²) >= 11 is 0. The van der Waals surface area contributed by atoms with Crippen molar-refractivity contribution >= 4 is 6.09 Å². The summed E-state index contributed by atoms with van der Waals surface area (Å²) < 4.78 is 5.48. The van der Waals surface area contributed by atoms with Crippen LogP contribution in [-0.2, 0) is 11.3 Å². The largest absolute Gasteiger partial charge is 0.445 e. The lowest BCUT2D eigenvalue weighted by Crippen LogP contribution is -2.42. The van der Waals surface area contributed by atoms with Crippen LogP contribution in [0.5, 0.6) is 0 Å². The van der Waals surface area contributed by atoms with Crippen molar-refractivity contribution in [3.63, 3.8) is 0 Å². The molecule has 2 saturated heterocycles. The molecule has 1 amide bonds. The maximum atomic E-state index is 12.3. The van der Waals surface area contributed by atoms with E-state index in [4.69, 9.17) is 4.74 Å². The van der Waals surface area contributed by atoms with E-state index in [0.717, 1.165) is 31.5 Å². The maximum absolute atomic E-state index is 12.3. The molecule has 4 heteroatoms. The second kappa shape index (κ2) is 6.94. The van der Waals surface area contributed by atoms with Gasteiger partial charge in [-0.1, -0.05) is 30.3 Å². The summed E-state index contributed by atoms with van der Waals surface area (Å²) in [6.45, 7) is 4.59. The van der Waals surface area contributed by atoms with Gasteiger partial charge in [-0.15, -0.1) is 0 Å². The van der Waals surface area contributed by atoms with Gasteiger partial charge in [0.05, 0.1) is 0 Å². The summed E-state index contributed by atoms with van der Waals surface area (Å²) in [6, 6.07) is 10.2. The number of amides is 1. The highest BCUT2D eigenvalue weighted by molar-refractivity contribution is 5.68. The number of ether oxygens (including phenoxy) is 1. The molecule has 0 bridgehead atoms. The first kappa shape index (κ1) is 14.4. The Balaban J connectivity index is 1.50. The smallest absolute Gasteiger partial charge is 0.410 e. The fourth-order valence-electron chi connectivity index (χ4n) is 3.33. The van der Waals surface area contributed by atoms with Crippen molar-refractivity contribution < 1.29 is 9.53 Å². The molecule has 2 aliphatic heterocycles. The first-order valence-electron chi connectivity index (χ1n) is 8.02. The number of rotatable bonds is 4. The highest BCUT2D eigenvalue weighted by atomic mass is 16.6. The third-order valence-corrected chi connectivity index (χ3v) is 4.48. The highest BCUT2D eigenvalue weighted by Crippen LogP contribution is 2.21. The van der Waals surface area contributed by atoms with Gasteiger partial charge in [0.2, 0.25) is 0 Å². The van der Waals surface area contributed by atoms with E-state index >= 15 is 0 Å². The van der Waals surface area contributed by atoms with Gasteiger partial charge in [0, 0.05) is 19.1 Å². The van der Waals surface area contributed by atoms with Crippen molar-refractivity contribution in [2.45, 2.75) is 38.3 Å². The second-order valence-electron chi connectivity index (χ2n) is 6.04. The molecule has 0 N–H and O–H groups in total. The van der Waals surface area contributed by atoms with Crippen LogP contribution in [0.25, 0.3) is 0 Å². The number of likely N-dealkylation sites (tertiary alicyclic amines) is 2. The number of carbonyl (C=O) groups is 1. The summed E-state index contributed by atoms with van der Waals surface area (Å²) in [5.41, 5.74) is 1.04. The van der Waals surface area contributed by atoms with Crippen molar-refractivity contribution in [1.82, 2.24) is 9.80 Å². The van der Waals surface area contributed by atoms with Gasteiger partial charge in [-0.25, -0.2) is 4.79 Å². The van der Waals surface area contributed by atoms with Crippen molar-refractivity contribution in [1.29, 1.82) is 0 Å². The average molecular weight is 288 g/mol. The Morgan fingerprint density at radius 2 is 1.86 bits per heavy atom. The molecule has 0 spiro atoms. The van der Waals surface area contributed by atoms with E-state index in [0.29, 0.717) is 12.6 Å². The van der Waals surface area contributed by atoms with E-state index in [9.17, 15) is 4.79 Å². The predicted molar refractivity (Wildman–Crippen MR) is 82.0 cm³/mol. The Kier molecular flexibility index (Phi) is 4.76. The van der Waals surface area contributed by atoms with Crippen molar-refractivity contribution in [2.75, 3.05) is 26.2 Å². The Morgan fingerprint density at radius 3 is 2.62 bits per heavy atom. The standard InChI is InChI=1S/C17H24N2O2/c20-17(21-14-15-7-2-1-3-8-15)19-12-6-9-16(19)13-18-10-4-5-11-18/h1-3,7-8,16H,4-6,9-14H2/t16-/m0/s1. The molecule has 2 aliphatic rings. The zero-order chi connectivity index (χ0) is 14.5. The molecule has 4 nitrogen and oxygen atoms in total. The van der Waals surface area contributed by atoms with Crippen LogP contribution in [0, 0.1) is 0 Å². The lowest BCUT2D eigenvalue weighted by Gasteiger charge is -2.27. The predicted octanol–water partition coefficient (Wildman–Crippen LogP) is 2.88. The number of hydrogen-bond acceptors (Lipinski definition) is 3. The topological polar surface area (TPSA) is 32.8 Å². The van der Waals surface area contributed by atoms with Crippen LogP contribution in [0.2, 0.25) is 0 Å². The van der Waals surface area contributed by atoms with Crippen LogP contribution < -0.4 is 0 Å². The molecule has 21 heavy (non-hydrogen) atoms. The average Bonchev–Trinajstić information content (AvgIpc) is 3.18. The first-order chi connectivity index (χ1) is 10.3. The van der Waals surface area contributed by atoms with E-state index in [-0.39, 0.29) is 6.09 Å². The van der Waals surface area contributed by atoms with Gasteiger partial charge in [0.25, 0.3) is 0 Å². The molecule has 3 rings (SSSR count). The van der Waals surface area contributed by atoms with E-state index in [1.54, 1.807) is 0 Å². The fourth-order valence-corrected chi connectivity index (χ4v) is 3.33. The minimum absolute atomic E-state index is 0.152. The molecule has 2 fully saturated rings. The van der Waals surface area contributed by atoms with Crippen LogP contribution in [0.15, 0.2) is 30.3 Å². The number of carbonyl (C=O) groups excluding carboxylic acids is 1. The van der Waals surface area contributed by atoms with Crippen molar-refractivity contribution in [2.24, 2.45) is 0 Å². The van der Waals surface area contributed by atoms with Gasteiger partial charge in [0.1, 0.15) is 6.61 Å². The van der Waals surface area contributed by atoms with E-state index in [1.165, 1.54) is 25.9 Å². The minimum atomic E-state index is -0.152. The van der Waals surface area contributed by atoms with Crippen LogP contribution >= 0.6 is 0 Å². The monoisotopic (exact) mass is 288 g/mol. The van der Waals surface area contributed by atoms with Crippen LogP contribution in [0.1, 0.15) is 31.2 Å². The summed E-state index contributed by atoms with van der Waals surface area (Å²) in [5.74, 6) is 0. The number of hydrogen-bond donors (Lipinski definition) is 0. The van der Waals surface area contributed by atoms with E-state index in [1.807, 2.05) is 35.2 Å². The Morgan fingerprint density at radius 1 is 1.10 bits per heavy atom. The summed E-state index contributed by atoms with van der Waals surface area (Å²) in [5, 5.41) is 0. The molecule has 2 heterocycles. The molecule has 114 valence electrons. The molecule has 0 radical (unpaired) electrons. The van der Waals surface area contributed by atoms with Crippen LogP contribution in [0.4, 0.5) is 4.79 Å². The zero-order valence-electron chi connectivity index (χ0n) is 12.5. The van der Waals surface area contributed by atoms with Gasteiger partial charge in [-0.3, -0.25) is 0 Å². The van der Waals surface area contributed by atoms with Gasteiger partial charge in [0.15, 0.2) is 0 Å². The van der Waals surface area contributed by atoms with E-state index in [2.05, 4.69) is 4.90 Å². The summed E-state index contributed by atoms with van der Waals surface area (Å²) in [7, 11) is 0. The number of nitrogens with zero attached hydrogens (tertiary/aromatic N) is 2. The normalized spacial score (nSPS) is 22.7. The molecule has 1 aromatic carbocycles. The first-order valence-corrected chi connectivity index (χ1v) is 8.02. The fraction of sp³-hybridized carbons (Fsp3) is 0.588. The maximum Gasteiger partial charge on any atom is 0.410 e. The molecule has 1 atom stereocenters. The van der Waals surface area contributed by atoms with E-state index < -0.39 is 0 Å². The summed E-state index contributed by atoms with van der Waals surface area (Å²) in [4.78, 5) is 16.7. The van der Waals surface area contributed by atoms with Crippen LogP contribution in [-0.4, -0.2) is 48.1 Å². The Labute approximate surface area is 126 Å². The SMILES string of the molecule is O=C(OCc1ccccc1)N1CCC[C@H]1CN1CCCC1. The minimum Gasteiger partial charge on any atom is -0.445 e. The van der Waals surface area contributed by atoms with Gasteiger partial charge in [-0.2, -0.15) is 0 Å².